The molecule has 1 heterocycles. The normalized spacial score (nSPS) is 13.7. The van der Waals surface area contributed by atoms with E-state index in [1.54, 1.807) is 0 Å². The summed E-state index contributed by atoms with van der Waals surface area (Å²) in [5.74, 6) is 0. The highest BCUT2D eigenvalue weighted by molar-refractivity contribution is 6.08. The lowest BCUT2D eigenvalue weighted by molar-refractivity contribution is 0.669. The van der Waals surface area contributed by atoms with Crippen molar-refractivity contribution in [3.8, 4) is 55.6 Å². The monoisotopic (exact) mass is 965 g/mol. The van der Waals surface area contributed by atoms with Gasteiger partial charge in [-0.25, -0.2) is 0 Å². The van der Waals surface area contributed by atoms with E-state index in [9.17, 15) is 0 Å². The summed E-state index contributed by atoms with van der Waals surface area (Å²) in [6.07, 6.45) is 0. The number of rotatable bonds is 7. The summed E-state index contributed by atoms with van der Waals surface area (Å²) in [7, 11) is 0. The van der Waals surface area contributed by atoms with E-state index in [1.807, 2.05) is 0 Å². The molecule has 1 spiro atoms. The van der Waals surface area contributed by atoms with Gasteiger partial charge in [-0.3, -0.25) is 0 Å². The van der Waals surface area contributed by atoms with Gasteiger partial charge in [0.2, 0.25) is 0 Å². The summed E-state index contributed by atoms with van der Waals surface area (Å²) in [6.45, 7) is 0. The third-order valence-electron chi connectivity index (χ3n) is 17.0. The second-order valence-corrected chi connectivity index (χ2v) is 20.5. The van der Waals surface area contributed by atoms with E-state index in [2.05, 4.69) is 290 Å². The first-order valence-corrected chi connectivity index (χ1v) is 26.4. The summed E-state index contributed by atoms with van der Waals surface area (Å²) in [4.78, 5) is 2.53. The summed E-state index contributed by atoms with van der Waals surface area (Å²) in [5, 5.41) is 2.18. The Labute approximate surface area is 442 Å². The largest absolute Gasteiger partial charge is 0.456 e. The molecule has 2 nitrogen and oxygen atoms in total. The average Bonchev–Trinajstić information content (AvgIpc) is 4.39. The van der Waals surface area contributed by atoms with Gasteiger partial charge in [-0.2, -0.15) is 0 Å². The Morgan fingerprint density at radius 1 is 0.250 bits per heavy atom. The highest BCUT2D eigenvalue weighted by atomic mass is 16.3. The molecule has 0 atom stereocenters. The van der Waals surface area contributed by atoms with Crippen LogP contribution in [0.15, 0.2) is 290 Å². The third kappa shape index (κ3) is 5.76. The molecule has 3 aliphatic rings. The van der Waals surface area contributed by atoms with E-state index in [0.717, 1.165) is 39.0 Å². The first-order chi connectivity index (χ1) is 37.7. The molecule has 76 heavy (non-hydrogen) atoms. The van der Waals surface area contributed by atoms with E-state index in [0.29, 0.717) is 0 Å². The van der Waals surface area contributed by atoms with Crippen molar-refractivity contribution in [1.29, 1.82) is 0 Å². The minimum atomic E-state index is -0.703. The predicted molar refractivity (Wildman–Crippen MR) is 313 cm³/mol. The number of fused-ring (bicyclic) bond motifs is 16. The fraction of sp³-hybridized carbons (Fsp3) is 0.0270. The third-order valence-corrected chi connectivity index (χ3v) is 17.0. The van der Waals surface area contributed by atoms with Gasteiger partial charge in [0.25, 0.3) is 0 Å². The van der Waals surface area contributed by atoms with Crippen LogP contribution in [0.2, 0.25) is 0 Å². The fourth-order valence-corrected chi connectivity index (χ4v) is 14.1. The lowest BCUT2D eigenvalue weighted by Crippen LogP contribution is -2.30. The van der Waals surface area contributed by atoms with Crippen LogP contribution in [-0.4, -0.2) is 0 Å². The molecule has 3 aliphatic carbocycles. The molecule has 0 N–H and O–H groups in total. The van der Waals surface area contributed by atoms with Gasteiger partial charge in [0, 0.05) is 27.7 Å². The van der Waals surface area contributed by atoms with Gasteiger partial charge in [0.15, 0.2) is 0 Å². The lowest BCUT2D eigenvalue weighted by Gasteiger charge is -2.37. The Kier molecular flexibility index (Phi) is 9.20. The zero-order valence-corrected chi connectivity index (χ0v) is 41.5. The molecule has 0 saturated heterocycles. The molecule has 12 aromatic carbocycles. The van der Waals surface area contributed by atoms with Crippen LogP contribution in [0.5, 0.6) is 0 Å². The summed E-state index contributed by atoms with van der Waals surface area (Å²) < 4.78 is 6.52. The maximum atomic E-state index is 6.52. The Hall–Kier alpha value is -9.76. The van der Waals surface area contributed by atoms with Gasteiger partial charge >= 0.3 is 0 Å². The van der Waals surface area contributed by atoms with Gasteiger partial charge in [-0.05, 0) is 137 Å². The minimum Gasteiger partial charge on any atom is -0.456 e. The topological polar surface area (TPSA) is 16.4 Å². The maximum absolute atomic E-state index is 6.52. The average molecular weight is 966 g/mol. The fourth-order valence-electron chi connectivity index (χ4n) is 14.1. The van der Waals surface area contributed by atoms with E-state index in [4.69, 9.17) is 4.42 Å². The highest BCUT2D eigenvalue weighted by Gasteiger charge is 2.53. The van der Waals surface area contributed by atoms with Crippen LogP contribution in [0.25, 0.3) is 77.6 Å². The summed E-state index contributed by atoms with van der Waals surface area (Å²) in [6, 6.07) is 106. The molecule has 13 aromatic rings. The number of hydrogen-bond donors (Lipinski definition) is 0. The van der Waals surface area contributed by atoms with Crippen molar-refractivity contribution in [2.24, 2.45) is 0 Å². The Balaban J connectivity index is 1.00. The quantitative estimate of drug-likeness (QED) is 0.158. The Bertz CT molecular complexity index is 4360. The molecule has 0 fully saturated rings. The zero-order valence-electron chi connectivity index (χ0n) is 41.5. The molecule has 0 amide bonds. The van der Waals surface area contributed by atoms with Crippen molar-refractivity contribution in [3.05, 3.63) is 330 Å². The van der Waals surface area contributed by atoms with Crippen LogP contribution in [0, 0.1) is 0 Å². The molecular formula is C74H47NO. The second-order valence-electron chi connectivity index (χ2n) is 20.5. The highest BCUT2D eigenvalue weighted by Crippen LogP contribution is 2.66. The molecule has 16 rings (SSSR count). The van der Waals surface area contributed by atoms with Crippen LogP contribution >= 0.6 is 0 Å². The molecule has 0 bridgehead atoms. The van der Waals surface area contributed by atoms with Crippen molar-refractivity contribution >= 4 is 39.0 Å². The molecular weight excluding hydrogens is 919 g/mol. The molecule has 1 aromatic heterocycles. The first kappa shape index (κ1) is 42.7. The number of anilines is 3. The van der Waals surface area contributed by atoms with E-state index in [-0.39, 0.29) is 0 Å². The Morgan fingerprint density at radius 2 is 0.645 bits per heavy atom. The van der Waals surface area contributed by atoms with Crippen molar-refractivity contribution in [1.82, 2.24) is 0 Å². The van der Waals surface area contributed by atoms with Gasteiger partial charge in [0.05, 0.1) is 16.5 Å². The summed E-state index contributed by atoms with van der Waals surface area (Å²) in [5.41, 5.74) is 26.4. The number of nitrogens with zero attached hydrogens (tertiary/aromatic N) is 1. The summed E-state index contributed by atoms with van der Waals surface area (Å²) >= 11 is 0. The van der Waals surface area contributed by atoms with Crippen molar-refractivity contribution in [2.75, 3.05) is 4.90 Å². The SMILES string of the molecule is c1ccc(-c2ccccc2C2(c3ccccc3-c3ccccc3)c3ccccc3-c3cc(N(c4ccc5oc6ccccc6c5c4)c4cccc5c4-c4ccccc4C54c5ccccc5-c5ccccc54)ccc32)cc1. The van der Waals surface area contributed by atoms with Crippen LogP contribution in [-0.2, 0) is 10.8 Å². The van der Waals surface area contributed by atoms with Crippen LogP contribution < -0.4 is 4.90 Å². The van der Waals surface area contributed by atoms with E-state index < -0.39 is 10.8 Å². The number of para-hydroxylation sites is 1. The van der Waals surface area contributed by atoms with Gasteiger partial charge in [-0.1, -0.05) is 243 Å². The molecule has 0 radical (unpaired) electrons. The molecule has 0 aliphatic heterocycles. The van der Waals surface area contributed by atoms with Crippen molar-refractivity contribution in [2.45, 2.75) is 10.8 Å². The van der Waals surface area contributed by atoms with Crippen molar-refractivity contribution in [3.63, 3.8) is 0 Å². The van der Waals surface area contributed by atoms with Gasteiger partial charge < -0.3 is 9.32 Å². The van der Waals surface area contributed by atoms with Gasteiger partial charge in [-0.15, -0.1) is 0 Å². The molecule has 0 saturated carbocycles. The molecule has 0 unspecified atom stereocenters. The van der Waals surface area contributed by atoms with E-state index >= 15 is 0 Å². The van der Waals surface area contributed by atoms with Crippen LogP contribution in [0.1, 0.15) is 44.5 Å². The van der Waals surface area contributed by atoms with Crippen molar-refractivity contribution < 1.29 is 4.42 Å². The predicted octanol–water partition coefficient (Wildman–Crippen LogP) is 19.1. The minimum absolute atomic E-state index is 0.500. The Morgan fingerprint density at radius 3 is 1.24 bits per heavy atom. The lowest BCUT2D eigenvalue weighted by atomic mass is 9.64. The van der Waals surface area contributed by atoms with Crippen LogP contribution in [0.3, 0.4) is 0 Å². The zero-order chi connectivity index (χ0) is 50.0. The standard InChI is InChI=1S/C74H47NO/c1-3-22-48(23-4-1)52-26-7-14-33-61(52)73(62-34-15-8-27-53(62)49-24-5-2-6-25-49)65-37-18-11-30-56(65)59-46-50(42-44-67(59)73)75(51-43-45-71-60(47-51)57-31-13-20-41-70(57)76-71)69-40-21-39-68-72(69)58-32-12-19-38-66(58)74(68)63-35-16-9-28-54(63)55-29-10-17-36-64(55)74/h1-47H. The smallest absolute Gasteiger partial charge is 0.135 e. The number of furan rings is 1. The number of benzene rings is 12. The van der Waals surface area contributed by atoms with Crippen LogP contribution in [0.4, 0.5) is 17.1 Å². The number of hydrogen-bond acceptors (Lipinski definition) is 2. The first-order valence-electron chi connectivity index (χ1n) is 26.4. The molecule has 354 valence electrons. The maximum Gasteiger partial charge on any atom is 0.135 e. The van der Waals surface area contributed by atoms with Gasteiger partial charge in [0.1, 0.15) is 11.2 Å². The van der Waals surface area contributed by atoms with E-state index in [1.165, 1.54) is 100 Å². The molecule has 2 heteroatoms. The second kappa shape index (κ2) is 16.4.